The number of ether oxygens (including phenoxy) is 3. The molecule has 30 heavy (non-hydrogen) atoms. The first-order valence-corrected chi connectivity index (χ1v) is 10.9. The van der Waals surface area contributed by atoms with E-state index in [0.717, 1.165) is 19.3 Å². The third-order valence-electron chi connectivity index (χ3n) is 5.10. The van der Waals surface area contributed by atoms with Crippen molar-refractivity contribution in [3.8, 4) is 0 Å². The second-order valence-electron chi connectivity index (χ2n) is 7.59. The van der Waals surface area contributed by atoms with Gasteiger partial charge in [-0.15, -0.1) is 19.7 Å². The smallest absolute Gasteiger partial charge is 0.308 e. The lowest BCUT2D eigenvalue weighted by Crippen LogP contribution is -2.37. The first-order valence-electron chi connectivity index (χ1n) is 10.9. The summed E-state index contributed by atoms with van der Waals surface area (Å²) in [5, 5.41) is 0. The first-order chi connectivity index (χ1) is 14.5. The Hall–Kier alpha value is -2.37. The Morgan fingerprint density at radius 2 is 0.867 bits per heavy atom. The molecule has 0 bridgehead atoms. The van der Waals surface area contributed by atoms with Crippen molar-refractivity contribution in [3.63, 3.8) is 0 Å². The van der Waals surface area contributed by atoms with Crippen molar-refractivity contribution in [1.29, 1.82) is 0 Å². The molecule has 0 aliphatic heterocycles. The molecule has 6 heteroatoms. The summed E-state index contributed by atoms with van der Waals surface area (Å²) in [4.78, 5) is 37.6. The summed E-state index contributed by atoms with van der Waals surface area (Å²) in [5.41, 5.74) is 0. The monoisotopic (exact) mass is 420 g/mol. The van der Waals surface area contributed by atoms with Gasteiger partial charge in [-0.1, -0.05) is 18.2 Å². The molecule has 6 nitrogen and oxygen atoms in total. The van der Waals surface area contributed by atoms with Crippen LogP contribution in [-0.2, 0) is 28.6 Å². The van der Waals surface area contributed by atoms with E-state index in [9.17, 15) is 14.4 Å². The standard InChI is InChI=1S/C24H36O6/c1-4-7-10-13-28-22(25)19-16-20(23(26)29-14-11-8-5-2)18-21(17-19)24(27)30-15-12-9-6-3/h4-6,19-21H,1-3,7-18H2. The molecule has 0 unspecified atom stereocenters. The maximum atomic E-state index is 12.5. The van der Waals surface area contributed by atoms with Crippen LogP contribution in [0.2, 0.25) is 0 Å². The molecule has 0 aromatic carbocycles. The van der Waals surface area contributed by atoms with Gasteiger partial charge < -0.3 is 14.2 Å². The molecule has 0 heterocycles. The third-order valence-corrected chi connectivity index (χ3v) is 5.10. The summed E-state index contributed by atoms with van der Waals surface area (Å²) in [6.45, 7) is 11.8. The zero-order chi connectivity index (χ0) is 22.2. The number of hydrogen-bond donors (Lipinski definition) is 0. The summed E-state index contributed by atoms with van der Waals surface area (Å²) in [6, 6.07) is 0. The molecule has 0 amide bonds. The first kappa shape index (κ1) is 25.7. The number of carbonyl (C=O) groups excluding carboxylic acids is 3. The number of esters is 3. The normalized spacial score (nSPS) is 20.6. The van der Waals surface area contributed by atoms with Crippen molar-refractivity contribution in [1.82, 2.24) is 0 Å². The van der Waals surface area contributed by atoms with E-state index < -0.39 is 17.8 Å². The highest BCUT2D eigenvalue weighted by molar-refractivity contribution is 5.80. The van der Waals surface area contributed by atoms with Crippen molar-refractivity contribution >= 4 is 17.9 Å². The molecule has 0 spiro atoms. The second kappa shape index (κ2) is 15.5. The Kier molecular flexibility index (Phi) is 13.2. The van der Waals surface area contributed by atoms with Crippen LogP contribution in [-0.4, -0.2) is 37.7 Å². The summed E-state index contributed by atoms with van der Waals surface area (Å²) < 4.78 is 16.1. The Morgan fingerprint density at radius 1 is 0.600 bits per heavy atom. The number of allylic oxidation sites excluding steroid dienone is 3. The van der Waals surface area contributed by atoms with Crippen LogP contribution in [0.4, 0.5) is 0 Å². The SMILES string of the molecule is C=CCCCOC(=O)C1CC(C(=O)OCCCC=C)CC(C(=O)OCCCC=C)C1. The van der Waals surface area contributed by atoms with Crippen molar-refractivity contribution in [2.45, 2.75) is 57.8 Å². The van der Waals surface area contributed by atoms with Gasteiger partial charge in [-0.25, -0.2) is 0 Å². The van der Waals surface area contributed by atoms with Gasteiger partial charge in [0.1, 0.15) is 0 Å². The fraction of sp³-hybridized carbons (Fsp3) is 0.625. The summed E-state index contributed by atoms with van der Waals surface area (Å²) in [5.74, 6) is -2.65. The van der Waals surface area contributed by atoms with E-state index in [1.54, 1.807) is 18.2 Å². The summed E-state index contributed by atoms with van der Waals surface area (Å²) in [7, 11) is 0. The molecule has 1 aliphatic rings. The average molecular weight is 421 g/mol. The number of rotatable bonds is 15. The molecule has 0 aromatic rings. The Bertz CT molecular complexity index is 495. The van der Waals surface area contributed by atoms with Gasteiger partial charge in [-0.05, 0) is 57.8 Å². The van der Waals surface area contributed by atoms with Crippen molar-refractivity contribution in [3.05, 3.63) is 38.0 Å². The molecular weight excluding hydrogens is 384 g/mol. The van der Waals surface area contributed by atoms with Gasteiger partial charge in [0.25, 0.3) is 0 Å². The number of unbranched alkanes of at least 4 members (excludes halogenated alkanes) is 3. The highest BCUT2D eigenvalue weighted by Gasteiger charge is 2.41. The third kappa shape index (κ3) is 9.90. The van der Waals surface area contributed by atoms with Gasteiger partial charge >= 0.3 is 17.9 Å². The Balaban J connectivity index is 2.69. The van der Waals surface area contributed by atoms with Crippen LogP contribution in [0.25, 0.3) is 0 Å². The van der Waals surface area contributed by atoms with E-state index in [2.05, 4.69) is 19.7 Å². The fourth-order valence-corrected chi connectivity index (χ4v) is 3.45. The summed E-state index contributed by atoms with van der Waals surface area (Å²) >= 11 is 0. The molecule has 1 rings (SSSR count). The lowest BCUT2D eigenvalue weighted by molar-refractivity contribution is -0.161. The van der Waals surface area contributed by atoms with Crippen LogP contribution in [0.5, 0.6) is 0 Å². The van der Waals surface area contributed by atoms with Crippen LogP contribution in [0.15, 0.2) is 38.0 Å². The van der Waals surface area contributed by atoms with Crippen molar-refractivity contribution in [2.24, 2.45) is 17.8 Å². The van der Waals surface area contributed by atoms with Crippen molar-refractivity contribution < 1.29 is 28.6 Å². The predicted octanol–water partition coefficient (Wildman–Crippen LogP) is 4.55. The molecule has 1 fully saturated rings. The predicted molar refractivity (Wildman–Crippen MR) is 115 cm³/mol. The van der Waals surface area contributed by atoms with Crippen LogP contribution < -0.4 is 0 Å². The largest absolute Gasteiger partial charge is 0.465 e. The van der Waals surface area contributed by atoms with E-state index >= 15 is 0 Å². The van der Waals surface area contributed by atoms with Gasteiger partial charge in [0.15, 0.2) is 0 Å². The Morgan fingerprint density at radius 3 is 1.10 bits per heavy atom. The Labute approximate surface area is 180 Å². The van der Waals surface area contributed by atoms with E-state index in [-0.39, 0.29) is 17.9 Å². The minimum Gasteiger partial charge on any atom is -0.465 e. The highest BCUT2D eigenvalue weighted by Crippen LogP contribution is 2.36. The molecule has 0 aromatic heterocycles. The van der Waals surface area contributed by atoms with Gasteiger partial charge in [-0.2, -0.15) is 0 Å². The molecule has 1 saturated carbocycles. The lowest BCUT2D eigenvalue weighted by atomic mass is 9.75. The van der Waals surface area contributed by atoms with Gasteiger partial charge in [0, 0.05) is 0 Å². The van der Waals surface area contributed by atoms with E-state index in [1.165, 1.54) is 0 Å². The average Bonchev–Trinajstić information content (AvgIpc) is 2.76. The zero-order valence-electron chi connectivity index (χ0n) is 18.0. The number of hydrogen-bond acceptors (Lipinski definition) is 6. The molecule has 168 valence electrons. The van der Waals surface area contributed by atoms with E-state index in [0.29, 0.717) is 58.3 Å². The minimum atomic E-state index is -0.515. The zero-order valence-corrected chi connectivity index (χ0v) is 18.0. The number of carbonyl (C=O) groups is 3. The molecule has 0 atom stereocenters. The quantitative estimate of drug-likeness (QED) is 0.167. The topological polar surface area (TPSA) is 78.9 Å². The fourth-order valence-electron chi connectivity index (χ4n) is 3.45. The molecule has 0 radical (unpaired) electrons. The van der Waals surface area contributed by atoms with Gasteiger partial charge in [0.05, 0.1) is 37.6 Å². The van der Waals surface area contributed by atoms with Crippen LogP contribution in [0, 0.1) is 17.8 Å². The minimum absolute atomic E-state index is 0.300. The van der Waals surface area contributed by atoms with Gasteiger partial charge in [0.2, 0.25) is 0 Å². The van der Waals surface area contributed by atoms with Crippen LogP contribution >= 0.6 is 0 Å². The summed E-state index contributed by atoms with van der Waals surface area (Å²) in [6.07, 6.45) is 10.7. The maximum Gasteiger partial charge on any atom is 0.308 e. The molecule has 1 aliphatic carbocycles. The molecular formula is C24H36O6. The maximum absolute atomic E-state index is 12.5. The van der Waals surface area contributed by atoms with E-state index in [4.69, 9.17) is 14.2 Å². The van der Waals surface area contributed by atoms with Crippen LogP contribution in [0.1, 0.15) is 57.8 Å². The van der Waals surface area contributed by atoms with Crippen LogP contribution in [0.3, 0.4) is 0 Å². The lowest BCUT2D eigenvalue weighted by Gasteiger charge is -2.31. The van der Waals surface area contributed by atoms with Crippen molar-refractivity contribution in [2.75, 3.05) is 19.8 Å². The van der Waals surface area contributed by atoms with E-state index in [1.807, 2.05) is 0 Å². The van der Waals surface area contributed by atoms with Gasteiger partial charge in [-0.3, -0.25) is 14.4 Å². The molecule has 0 N–H and O–H groups in total. The second-order valence-corrected chi connectivity index (χ2v) is 7.59. The molecule has 0 saturated heterocycles. The highest BCUT2D eigenvalue weighted by atomic mass is 16.5.